The van der Waals surface area contributed by atoms with Gasteiger partial charge in [0.1, 0.15) is 11.3 Å². The summed E-state index contributed by atoms with van der Waals surface area (Å²) in [6, 6.07) is 26.5. The average molecular weight is 576 g/mol. The van der Waals surface area contributed by atoms with Gasteiger partial charge < -0.3 is 14.4 Å². The van der Waals surface area contributed by atoms with E-state index < -0.39 is 5.41 Å². The number of fused-ring (bicyclic) bond motifs is 3. The average Bonchev–Trinajstić information content (AvgIpc) is 3.25. The minimum absolute atomic E-state index is 0.305. The van der Waals surface area contributed by atoms with Gasteiger partial charge in [-0.1, -0.05) is 71.8 Å². The Morgan fingerprint density at radius 2 is 1.35 bits per heavy atom. The van der Waals surface area contributed by atoms with Crippen LogP contribution < -0.4 is 4.74 Å². The van der Waals surface area contributed by atoms with Crippen molar-refractivity contribution in [2.24, 2.45) is 0 Å². The zero-order valence-corrected chi connectivity index (χ0v) is 26.8. The molecule has 1 aliphatic rings. The molecule has 0 spiro atoms. The summed E-state index contributed by atoms with van der Waals surface area (Å²) in [7, 11) is 4.19. The van der Waals surface area contributed by atoms with Gasteiger partial charge in [-0.3, -0.25) is 0 Å². The van der Waals surface area contributed by atoms with E-state index in [4.69, 9.17) is 9.47 Å². The van der Waals surface area contributed by atoms with Gasteiger partial charge in [-0.25, -0.2) is 4.79 Å². The summed E-state index contributed by atoms with van der Waals surface area (Å²) in [5, 5.41) is 0. The first-order valence-corrected chi connectivity index (χ1v) is 15.6. The van der Waals surface area contributed by atoms with Crippen LogP contribution in [0.25, 0.3) is 11.1 Å². The third-order valence-electron chi connectivity index (χ3n) is 8.80. The molecule has 4 nitrogen and oxygen atoms in total. The Morgan fingerprint density at radius 3 is 1.95 bits per heavy atom. The highest BCUT2D eigenvalue weighted by atomic mass is 16.5. The lowest BCUT2D eigenvalue weighted by atomic mass is 9.66. The van der Waals surface area contributed by atoms with Crippen molar-refractivity contribution in [2.45, 2.75) is 59.3 Å². The molecular formula is C39H45NO3. The SMILES string of the molecule is CCOC(=O)c1cc(C2(c3ccc(C)c(C)c3)c3cc(C)ccc3-c3ccc(C)cc32)ccc1OCCCCCN(C)C. The first-order chi connectivity index (χ1) is 20.7. The lowest BCUT2D eigenvalue weighted by Gasteiger charge is -2.35. The number of unbranched alkanes of at least 4 members (excludes halogenated alkanes) is 2. The van der Waals surface area contributed by atoms with Crippen LogP contribution in [-0.4, -0.2) is 44.7 Å². The Balaban J connectivity index is 1.70. The van der Waals surface area contributed by atoms with Crippen molar-refractivity contribution in [3.8, 4) is 16.9 Å². The van der Waals surface area contributed by atoms with Crippen molar-refractivity contribution in [1.29, 1.82) is 0 Å². The predicted molar refractivity (Wildman–Crippen MR) is 177 cm³/mol. The number of hydrogen-bond donors (Lipinski definition) is 0. The quantitative estimate of drug-likeness (QED) is 0.117. The molecular weight excluding hydrogens is 530 g/mol. The monoisotopic (exact) mass is 575 g/mol. The Bertz CT molecular complexity index is 1580. The van der Waals surface area contributed by atoms with Crippen LogP contribution in [0.15, 0.2) is 72.8 Å². The summed E-state index contributed by atoms with van der Waals surface area (Å²) in [5.74, 6) is 0.228. The number of benzene rings is 4. The molecule has 1 aliphatic carbocycles. The maximum absolute atomic E-state index is 13.5. The fraction of sp³-hybridized carbons (Fsp3) is 0.359. The number of rotatable bonds is 11. The second kappa shape index (κ2) is 12.8. The maximum Gasteiger partial charge on any atom is 0.341 e. The van der Waals surface area contributed by atoms with Crippen LogP contribution in [-0.2, 0) is 10.2 Å². The number of ether oxygens (including phenoxy) is 2. The largest absolute Gasteiger partial charge is 0.493 e. The molecule has 0 aromatic heterocycles. The molecule has 4 aromatic rings. The number of aryl methyl sites for hydroxylation is 4. The third kappa shape index (κ3) is 5.86. The number of esters is 1. The van der Waals surface area contributed by atoms with Gasteiger partial charge in [0.2, 0.25) is 0 Å². The molecule has 0 heterocycles. The Kier molecular flexibility index (Phi) is 9.08. The van der Waals surface area contributed by atoms with Crippen molar-refractivity contribution in [1.82, 2.24) is 4.90 Å². The van der Waals surface area contributed by atoms with Gasteiger partial charge in [0.05, 0.1) is 18.6 Å². The van der Waals surface area contributed by atoms with Gasteiger partial charge in [-0.2, -0.15) is 0 Å². The summed E-state index contributed by atoms with van der Waals surface area (Å²) >= 11 is 0. The van der Waals surface area contributed by atoms with Gasteiger partial charge in [0, 0.05) is 0 Å². The van der Waals surface area contributed by atoms with Crippen LogP contribution in [0, 0.1) is 27.7 Å². The van der Waals surface area contributed by atoms with E-state index in [2.05, 4.69) is 107 Å². The van der Waals surface area contributed by atoms with Crippen LogP contribution in [0.2, 0.25) is 0 Å². The van der Waals surface area contributed by atoms with Crippen molar-refractivity contribution in [2.75, 3.05) is 33.9 Å². The number of carbonyl (C=O) groups is 1. The van der Waals surface area contributed by atoms with Gasteiger partial charge >= 0.3 is 5.97 Å². The summed E-state index contributed by atoms with van der Waals surface area (Å²) in [6.45, 7) is 12.4. The van der Waals surface area contributed by atoms with E-state index in [0.29, 0.717) is 24.5 Å². The summed E-state index contributed by atoms with van der Waals surface area (Å²) in [4.78, 5) is 15.7. The maximum atomic E-state index is 13.5. The van der Waals surface area contributed by atoms with Gasteiger partial charge in [-0.05, 0) is 131 Å². The fourth-order valence-electron chi connectivity index (χ4n) is 6.46. The molecule has 0 bridgehead atoms. The highest BCUT2D eigenvalue weighted by Crippen LogP contribution is 2.57. The molecule has 0 amide bonds. The number of hydrogen-bond acceptors (Lipinski definition) is 4. The molecule has 5 rings (SSSR count). The van der Waals surface area contributed by atoms with Crippen molar-refractivity contribution in [3.63, 3.8) is 0 Å². The van der Waals surface area contributed by atoms with Crippen LogP contribution in [0.5, 0.6) is 5.75 Å². The normalized spacial score (nSPS) is 13.1. The summed E-state index contributed by atoms with van der Waals surface area (Å²) in [6.07, 6.45) is 3.13. The minimum Gasteiger partial charge on any atom is -0.493 e. The zero-order chi connectivity index (χ0) is 30.7. The Morgan fingerprint density at radius 1 is 0.721 bits per heavy atom. The van der Waals surface area contributed by atoms with Crippen LogP contribution in [0.3, 0.4) is 0 Å². The van der Waals surface area contributed by atoms with E-state index in [9.17, 15) is 4.79 Å². The van der Waals surface area contributed by atoms with Gasteiger partial charge in [-0.15, -0.1) is 0 Å². The fourth-order valence-corrected chi connectivity index (χ4v) is 6.46. The summed E-state index contributed by atoms with van der Waals surface area (Å²) in [5.41, 5.74) is 11.9. The second-order valence-electron chi connectivity index (χ2n) is 12.3. The van der Waals surface area contributed by atoms with E-state index in [-0.39, 0.29) is 5.97 Å². The first kappa shape index (κ1) is 30.6. The topological polar surface area (TPSA) is 38.8 Å². The molecule has 0 saturated heterocycles. The van der Waals surface area contributed by atoms with E-state index in [0.717, 1.165) is 31.4 Å². The molecule has 0 saturated carbocycles. The lowest BCUT2D eigenvalue weighted by molar-refractivity contribution is 0.0521. The molecule has 0 fully saturated rings. The predicted octanol–water partition coefficient (Wildman–Crippen LogP) is 8.57. The molecule has 0 radical (unpaired) electrons. The van der Waals surface area contributed by atoms with E-state index in [1.807, 2.05) is 19.1 Å². The number of nitrogens with zero attached hydrogens (tertiary/aromatic N) is 1. The highest BCUT2D eigenvalue weighted by molar-refractivity contribution is 5.94. The molecule has 0 unspecified atom stereocenters. The Labute approximate surface area is 257 Å². The molecule has 0 aliphatic heterocycles. The minimum atomic E-state index is -0.604. The molecule has 43 heavy (non-hydrogen) atoms. The third-order valence-corrected chi connectivity index (χ3v) is 8.80. The molecule has 0 N–H and O–H groups in total. The van der Waals surface area contributed by atoms with Crippen LogP contribution in [0.4, 0.5) is 0 Å². The first-order valence-electron chi connectivity index (χ1n) is 15.6. The zero-order valence-electron chi connectivity index (χ0n) is 26.8. The standard InChI is InChI=1S/C39H45NO3/c1-8-42-38(41)34-25-31(16-19-37(34)43-21-11-9-10-20-40(6)7)39(30-15-14-28(4)29(5)24-30)35-22-26(2)12-17-32(35)33-18-13-27(3)23-36(33)39/h12-19,22-25H,8-11,20-21H2,1-7H3. The molecule has 224 valence electrons. The number of carbonyl (C=O) groups excluding carboxylic acids is 1. The van der Waals surface area contributed by atoms with E-state index in [1.165, 1.54) is 50.1 Å². The van der Waals surface area contributed by atoms with Crippen molar-refractivity contribution >= 4 is 5.97 Å². The molecule has 4 heteroatoms. The highest BCUT2D eigenvalue weighted by Gasteiger charge is 2.47. The van der Waals surface area contributed by atoms with Crippen molar-refractivity contribution in [3.05, 3.63) is 123 Å². The van der Waals surface area contributed by atoms with Crippen LogP contribution in [0.1, 0.15) is 81.1 Å². The summed E-state index contributed by atoms with van der Waals surface area (Å²) < 4.78 is 11.8. The smallest absolute Gasteiger partial charge is 0.341 e. The van der Waals surface area contributed by atoms with Gasteiger partial charge in [0.25, 0.3) is 0 Å². The lowest BCUT2D eigenvalue weighted by Crippen LogP contribution is -2.29. The van der Waals surface area contributed by atoms with E-state index in [1.54, 1.807) is 0 Å². The Hall–Kier alpha value is -3.89. The van der Waals surface area contributed by atoms with Crippen LogP contribution >= 0.6 is 0 Å². The molecule has 0 atom stereocenters. The van der Waals surface area contributed by atoms with E-state index >= 15 is 0 Å². The second-order valence-corrected chi connectivity index (χ2v) is 12.3. The molecule has 4 aromatic carbocycles. The van der Waals surface area contributed by atoms with Gasteiger partial charge in [0.15, 0.2) is 0 Å². The van der Waals surface area contributed by atoms with Crippen molar-refractivity contribution < 1.29 is 14.3 Å².